The molecular formula is C29H44NO10P. The Morgan fingerprint density at radius 2 is 1.49 bits per heavy atom. The number of fused-ring (bicyclic) bond motifs is 1. The minimum absolute atomic E-state index is 0.0739. The van der Waals surface area contributed by atoms with Gasteiger partial charge in [0.1, 0.15) is 5.76 Å². The largest absolute Gasteiger partial charge is 0.535 e. The molecule has 230 valence electrons. The number of carbonyl (C=O) groups excluding carboxylic acids is 2. The zero-order valence-electron chi connectivity index (χ0n) is 25.6. The fourth-order valence-corrected chi connectivity index (χ4v) is 5.87. The summed E-state index contributed by atoms with van der Waals surface area (Å²) in [4.78, 5) is 26.6. The predicted molar refractivity (Wildman–Crippen MR) is 151 cm³/mol. The number of carbonyl (C=O) groups is 2. The molecule has 1 aliphatic heterocycles. The van der Waals surface area contributed by atoms with E-state index in [1.54, 1.807) is 55.8 Å². The second-order valence-electron chi connectivity index (χ2n) is 12.4. The minimum atomic E-state index is -4.36. The van der Waals surface area contributed by atoms with Crippen LogP contribution in [0.25, 0.3) is 0 Å². The number of likely N-dealkylation sites (tertiary alicyclic amines) is 1. The highest BCUT2D eigenvalue weighted by Crippen LogP contribution is 2.55. The number of ether oxygens (including phenoxy) is 4. The summed E-state index contributed by atoms with van der Waals surface area (Å²) < 4.78 is 51.5. The standard InChI is InChI=1S/C29H44NO10P/c1-27(2,3)25(31)36-18-38-41(33,39-19-37-26(32)28(4,5)6)40-21-12-13-29(14-15-30(7)24(29)17-21)20-10-11-22(34-8)23(16-20)35-9/h10-11,16-17,24H,12-15,18-19H2,1-9H3. The van der Waals surface area contributed by atoms with E-state index < -0.39 is 44.2 Å². The molecule has 0 saturated carbocycles. The molecule has 1 fully saturated rings. The number of benzene rings is 1. The maximum absolute atomic E-state index is 13.7. The lowest BCUT2D eigenvalue weighted by Crippen LogP contribution is -2.42. The van der Waals surface area contributed by atoms with Crippen molar-refractivity contribution in [3.8, 4) is 11.5 Å². The van der Waals surface area contributed by atoms with Crippen LogP contribution in [0.3, 0.4) is 0 Å². The molecule has 0 aromatic heterocycles. The molecule has 0 amide bonds. The maximum atomic E-state index is 13.7. The molecule has 1 saturated heterocycles. The van der Waals surface area contributed by atoms with Crippen molar-refractivity contribution < 1.29 is 46.7 Å². The first-order valence-electron chi connectivity index (χ1n) is 13.6. The molecule has 41 heavy (non-hydrogen) atoms. The Kier molecular flexibility index (Phi) is 10.2. The van der Waals surface area contributed by atoms with Crippen molar-refractivity contribution in [2.75, 3.05) is 41.4 Å². The third-order valence-corrected chi connectivity index (χ3v) is 8.63. The molecule has 3 rings (SSSR count). The fraction of sp³-hybridized carbons (Fsp3) is 0.655. The van der Waals surface area contributed by atoms with Crippen LogP contribution in [0.2, 0.25) is 0 Å². The van der Waals surface area contributed by atoms with Gasteiger partial charge in [0.25, 0.3) is 0 Å². The van der Waals surface area contributed by atoms with E-state index in [1.165, 1.54) is 0 Å². The van der Waals surface area contributed by atoms with Crippen LogP contribution in [-0.4, -0.2) is 64.3 Å². The molecule has 0 bridgehead atoms. The number of nitrogens with zero attached hydrogens (tertiary/aromatic N) is 1. The van der Waals surface area contributed by atoms with Crippen molar-refractivity contribution in [3.05, 3.63) is 35.6 Å². The number of likely N-dealkylation sites (N-methyl/N-ethyl adjacent to an activating group) is 1. The number of phosphoric acid groups is 1. The Hall–Kier alpha value is -2.59. The minimum Gasteiger partial charge on any atom is -0.493 e. The fourth-order valence-electron chi connectivity index (χ4n) is 4.89. The molecule has 1 aromatic rings. The number of hydrogen-bond donors (Lipinski definition) is 0. The Labute approximate surface area is 243 Å². The Bertz CT molecular complexity index is 1150. The van der Waals surface area contributed by atoms with Gasteiger partial charge in [-0.2, -0.15) is 0 Å². The second kappa shape index (κ2) is 12.7. The molecule has 1 heterocycles. The second-order valence-corrected chi connectivity index (χ2v) is 14.0. The third-order valence-electron chi connectivity index (χ3n) is 7.33. The first-order valence-corrected chi connectivity index (χ1v) is 15.1. The van der Waals surface area contributed by atoms with E-state index >= 15 is 0 Å². The van der Waals surface area contributed by atoms with Crippen LogP contribution in [0.1, 0.15) is 66.4 Å². The highest BCUT2D eigenvalue weighted by molar-refractivity contribution is 7.48. The summed E-state index contributed by atoms with van der Waals surface area (Å²) >= 11 is 0. The van der Waals surface area contributed by atoms with Crippen LogP contribution < -0.4 is 9.47 Å². The van der Waals surface area contributed by atoms with Crippen LogP contribution in [0.15, 0.2) is 30.0 Å². The SMILES string of the molecule is COc1ccc(C23CCC(OP(=O)(OCOC(=O)C(C)(C)C)OCOC(=O)C(C)(C)C)=CC2N(C)CC3)cc1OC. The van der Waals surface area contributed by atoms with Gasteiger partial charge in [-0.3, -0.25) is 14.5 Å². The Morgan fingerprint density at radius 3 is 2.00 bits per heavy atom. The van der Waals surface area contributed by atoms with Crippen molar-refractivity contribution in [3.63, 3.8) is 0 Å². The van der Waals surface area contributed by atoms with Crippen LogP contribution in [0.5, 0.6) is 11.5 Å². The highest BCUT2D eigenvalue weighted by atomic mass is 31.2. The van der Waals surface area contributed by atoms with E-state index in [2.05, 4.69) is 11.0 Å². The average Bonchev–Trinajstić information content (AvgIpc) is 3.23. The number of esters is 2. The molecule has 0 N–H and O–H groups in total. The molecule has 11 nitrogen and oxygen atoms in total. The molecule has 2 aliphatic rings. The zero-order chi connectivity index (χ0) is 30.6. The number of hydrogen-bond acceptors (Lipinski definition) is 11. The molecule has 0 spiro atoms. The quantitative estimate of drug-likeness (QED) is 0.181. The monoisotopic (exact) mass is 597 g/mol. The van der Waals surface area contributed by atoms with E-state index in [0.29, 0.717) is 30.1 Å². The van der Waals surface area contributed by atoms with Gasteiger partial charge >= 0.3 is 19.8 Å². The summed E-state index contributed by atoms with van der Waals surface area (Å²) in [5.41, 5.74) is -0.691. The van der Waals surface area contributed by atoms with Gasteiger partial charge in [-0.05, 0) is 91.7 Å². The van der Waals surface area contributed by atoms with Gasteiger partial charge in [0, 0.05) is 17.9 Å². The lowest BCUT2D eigenvalue weighted by Gasteiger charge is -2.40. The molecule has 1 aliphatic carbocycles. The van der Waals surface area contributed by atoms with Gasteiger partial charge in [0.15, 0.2) is 11.5 Å². The third kappa shape index (κ3) is 7.83. The van der Waals surface area contributed by atoms with Crippen molar-refractivity contribution in [2.45, 2.75) is 72.3 Å². The van der Waals surface area contributed by atoms with E-state index in [0.717, 1.165) is 18.5 Å². The average molecular weight is 598 g/mol. The van der Waals surface area contributed by atoms with Crippen molar-refractivity contribution in [1.29, 1.82) is 0 Å². The molecular weight excluding hydrogens is 553 g/mol. The van der Waals surface area contributed by atoms with Crippen LogP contribution >= 0.6 is 7.82 Å². The number of rotatable bonds is 11. The van der Waals surface area contributed by atoms with E-state index in [1.807, 2.05) is 25.3 Å². The van der Waals surface area contributed by atoms with Crippen molar-refractivity contribution in [2.24, 2.45) is 10.8 Å². The predicted octanol–water partition coefficient (Wildman–Crippen LogP) is 5.57. The maximum Gasteiger partial charge on any atom is 0.535 e. The van der Waals surface area contributed by atoms with Gasteiger partial charge in [-0.1, -0.05) is 6.07 Å². The molecule has 2 atom stereocenters. The van der Waals surface area contributed by atoms with Crippen LogP contribution in [0, 0.1) is 10.8 Å². The summed E-state index contributed by atoms with van der Waals surface area (Å²) in [5, 5.41) is 0. The van der Waals surface area contributed by atoms with E-state index in [4.69, 9.17) is 32.5 Å². The van der Waals surface area contributed by atoms with Crippen molar-refractivity contribution >= 4 is 19.8 Å². The zero-order valence-corrected chi connectivity index (χ0v) is 26.5. The van der Waals surface area contributed by atoms with Gasteiger partial charge in [-0.15, -0.1) is 0 Å². The highest BCUT2D eigenvalue weighted by Gasteiger charge is 2.49. The van der Waals surface area contributed by atoms with Gasteiger partial charge in [0.2, 0.25) is 13.6 Å². The van der Waals surface area contributed by atoms with Gasteiger partial charge < -0.3 is 23.5 Å². The van der Waals surface area contributed by atoms with Crippen molar-refractivity contribution in [1.82, 2.24) is 4.90 Å². The van der Waals surface area contributed by atoms with Crippen LogP contribution in [0.4, 0.5) is 0 Å². The topological polar surface area (TPSA) is 119 Å². The normalized spacial score (nSPS) is 21.5. The number of phosphoric ester groups is 1. The molecule has 2 unspecified atom stereocenters. The van der Waals surface area contributed by atoms with Gasteiger partial charge in [-0.25, -0.2) is 13.6 Å². The number of methoxy groups -OCH3 is 2. The Balaban J connectivity index is 1.83. The Morgan fingerprint density at radius 1 is 0.927 bits per heavy atom. The summed E-state index contributed by atoms with van der Waals surface area (Å²) in [6, 6.07) is 5.89. The lowest BCUT2D eigenvalue weighted by atomic mass is 9.68. The smallest absolute Gasteiger partial charge is 0.493 e. The molecule has 12 heteroatoms. The first kappa shape index (κ1) is 32.9. The molecule has 1 aromatic carbocycles. The number of allylic oxidation sites excluding steroid dienone is 1. The lowest BCUT2D eigenvalue weighted by molar-refractivity contribution is -0.163. The summed E-state index contributed by atoms with van der Waals surface area (Å²) in [6.07, 6.45) is 3.97. The van der Waals surface area contributed by atoms with E-state index in [-0.39, 0.29) is 11.5 Å². The molecule has 0 radical (unpaired) electrons. The summed E-state index contributed by atoms with van der Waals surface area (Å²) in [7, 11) is 0.882. The summed E-state index contributed by atoms with van der Waals surface area (Å²) in [5.74, 6) is 0.618. The first-order chi connectivity index (χ1) is 19.0. The van der Waals surface area contributed by atoms with Gasteiger partial charge in [0.05, 0.1) is 25.0 Å². The summed E-state index contributed by atoms with van der Waals surface area (Å²) in [6.45, 7) is 9.63. The van der Waals surface area contributed by atoms with E-state index in [9.17, 15) is 14.2 Å². The van der Waals surface area contributed by atoms with Crippen LogP contribution in [-0.2, 0) is 42.6 Å².